The van der Waals surface area contributed by atoms with E-state index in [9.17, 15) is 15.0 Å². The van der Waals surface area contributed by atoms with Crippen LogP contribution < -0.4 is 0 Å². The van der Waals surface area contributed by atoms with Crippen LogP contribution in [0.3, 0.4) is 0 Å². The van der Waals surface area contributed by atoms with Crippen LogP contribution in [-0.4, -0.2) is 29.2 Å². The molecule has 5 fully saturated rings. The highest BCUT2D eigenvalue weighted by Crippen LogP contribution is 2.77. The van der Waals surface area contributed by atoms with E-state index in [1.807, 2.05) is 0 Å². The number of hydrogen-bond donors (Lipinski definition) is 2. The van der Waals surface area contributed by atoms with Gasteiger partial charge in [-0.15, -0.1) is 0 Å². The fourth-order valence-corrected chi connectivity index (χ4v) is 11.3. The van der Waals surface area contributed by atoms with Crippen LogP contribution in [0.1, 0.15) is 98.8 Å². The smallest absolute Gasteiger partial charge is 0.141 e. The lowest BCUT2D eigenvalue weighted by molar-refractivity contribution is -0.236. The highest BCUT2D eigenvalue weighted by molar-refractivity contribution is 5.86. The molecule has 0 spiro atoms. The third-order valence-corrected chi connectivity index (χ3v) is 13.5. The Bertz CT molecular complexity index is 849. The lowest BCUT2D eigenvalue weighted by Gasteiger charge is -2.72. The molecule has 5 saturated carbocycles. The molecule has 0 bridgehead atoms. The molecule has 0 aliphatic heterocycles. The minimum atomic E-state index is -0.563. The Balaban J connectivity index is 1.54. The van der Waals surface area contributed by atoms with Gasteiger partial charge >= 0.3 is 0 Å². The Hall–Kier alpha value is -0.670. The zero-order valence-electron chi connectivity index (χ0n) is 21.9. The van der Waals surface area contributed by atoms with Gasteiger partial charge < -0.3 is 10.2 Å². The molecule has 5 aliphatic rings. The maximum Gasteiger partial charge on any atom is 0.141 e. The molecular weight excluding hydrogens is 408 g/mol. The summed E-state index contributed by atoms with van der Waals surface area (Å²) in [5.41, 5.74) is 1.60. The van der Waals surface area contributed by atoms with Gasteiger partial charge in [-0.25, -0.2) is 0 Å². The van der Waals surface area contributed by atoms with Gasteiger partial charge in [0.05, 0.1) is 18.6 Å². The summed E-state index contributed by atoms with van der Waals surface area (Å²) in [5, 5.41) is 20.3. The number of ketones is 1. The Morgan fingerprint density at radius 3 is 2.27 bits per heavy atom. The van der Waals surface area contributed by atoms with Crippen molar-refractivity contribution in [3.8, 4) is 0 Å². The molecular formula is C30H48O3. The molecule has 5 aliphatic carbocycles. The number of hydrogen-bond acceptors (Lipinski definition) is 3. The maximum absolute atomic E-state index is 13.0. The molecule has 0 saturated heterocycles. The van der Waals surface area contributed by atoms with Crippen molar-refractivity contribution in [3.05, 3.63) is 12.2 Å². The Labute approximate surface area is 201 Å². The van der Waals surface area contributed by atoms with E-state index in [0.29, 0.717) is 52.6 Å². The number of aliphatic hydroxyl groups excluding tert-OH is 2. The van der Waals surface area contributed by atoms with Crippen molar-refractivity contribution < 1.29 is 15.0 Å². The summed E-state index contributed by atoms with van der Waals surface area (Å²) in [6, 6.07) is 0. The number of carbonyl (C=O) groups is 1. The molecule has 0 unspecified atom stereocenters. The number of aliphatic hydroxyl groups is 2. The first-order valence-electron chi connectivity index (χ1n) is 13.8. The third-order valence-electron chi connectivity index (χ3n) is 13.5. The quantitative estimate of drug-likeness (QED) is 0.499. The molecule has 0 aromatic carbocycles. The Morgan fingerprint density at radius 2 is 1.61 bits per heavy atom. The SMILES string of the molecule is C=C(CO)[C@@H]1CC[C@]2(C)CC[C@]3(C)[C@H](CC[C@@H]4[C@@]5(C)CCC(=O)[C@@](C)(CO)[C@@H]5CC[C@]43C)[C@@H]12. The highest BCUT2D eigenvalue weighted by atomic mass is 16.3. The molecule has 33 heavy (non-hydrogen) atoms. The molecule has 2 N–H and O–H groups in total. The van der Waals surface area contributed by atoms with Crippen molar-refractivity contribution in [2.24, 2.45) is 56.7 Å². The van der Waals surface area contributed by atoms with E-state index in [4.69, 9.17) is 0 Å². The second-order valence-electron chi connectivity index (χ2n) is 14.3. The molecule has 0 amide bonds. The van der Waals surface area contributed by atoms with Gasteiger partial charge in [-0.2, -0.15) is 0 Å². The zero-order chi connectivity index (χ0) is 24.0. The monoisotopic (exact) mass is 456 g/mol. The Kier molecular flexibility index (Phi) is 5.40. The number of Topliss-reactive ketones (excluding diaryl/α,β-unsaturated/α-hetero) is 1. The van der Waals surface area contributed by atoms with Crippen LogP contribution in [0.2, 0.25) is 0 Å². The summed E-state index contributed by atoms with van der Waals surface area (Å²) in [6.45, 7) is 16.8. The maximum atomic E-state index is 13.0. The lowest BCUT2D eigenvalue weighted by atomic mass is 9.32. The summed E-state index contributed by atoms with van der Waals surface area (Å²) >= 11 is 0. The summed E-state index contributed by atoms with van der Waals surface area (Å²) in [7, 11) is 0. The van der Waals surface area contributed by atoms with Gasteiger partial charge in [0.25, 0.3) is 0 Å². The van der Waals surface area contributed by atoms with E-state index in [1.54, 1.807) is 0 Å². The second-order valence-corrected chi connectivity index (χ2v) is 14.3. The molecule has 0 heterocycles. The van der Waals surface area contributed by atoms with Crippen molar-refractivity contribution in [3.63, 3.8) is 0 Å². The Morgan fingerprint density at radius 1 is 0.879 bits per heavy atom. The van der Waals surface area contributed by atoms with E-state index >= 15 is 0 Å². The van der Waals surface area contributed by atoms with Crippen LogP contribution in [0, 0.1) is 56.7 Å². The van der Waals surface area contributed by atoms with E-state index in [2.05, 4.69) is 41.2 Å². The van der Waals surface area contributed by atoms with E-state index < -0.39 is 5.41 Å². The summed E-state index contributed by atoms with van der Waals surface area (Å²) < 4.78 is 0. The molecule has 0 aromatic heterocycles. The largest absolute Gasteiger partial charge is 0.395 e. The van der Waals surface area contributed by atoms with Gasteiger partial charge in [0, 0.05) is 6.42 Å². The van der Waals surface area contributed by atoms with Gasteiger partial charge in [0.2, 0.25) is 0 Å². The molecule has 10 atom stereocenters. The minimum absolute atomic E-state index is 0.000791. The first kappa shape index (κ1) is 24.0. The van der Waals surface area contributed by atoms with Gasteiger partial charge in [0.1, 0.15) is 5.78 Å². The van der Waals surface area contributed by atoms with Gasteiger partial charge in [-0.3, -0.25) is 4.79 Å². The zero-order valence-corrected chi connectivity index (χ0v) is 21.9. The highest BCUT2D eigenvalue weighted by Gasteiger charge is 2.70. The normalized spacial score (nSPS) is 55.8. The summed E-state index contributed by atoms with van der Waals surface area (Å²) in [4.78, 5) is 13.0. The number of rotatable bonds is 3. The van der Waals surface area contributed by atoms with Crippen molar-refractivity contribution in [2.45, 2.75) is 98.8 Å². The van der Waals surface area contributed by atoms with E-state index in [1.165, 1.54) is 44.9 Å². The van der Waals surface area contributed by atoms with Gasteiger partial charge in [-0.1, -0.05) is 41.2 Å². The van der Waals surface area contributed by atoms with Crippen molar-refractivity contribution in [2.75, 3.05) is 13.2 Å². The molecule has 186 valence electrons. The average Bonchev–Trinajstić information content (AvgIpc) is 3.14. The van der Waals surface area contributed by atoms with E-state index in [0.717, 1.165) is 18.4 Å². The fraction of sp³-hybridized carbons (Fsp3) is 0.900. The van der Waals surface area contributed by atoms with Crippen LogP contribution in [0.15, 0.2) is 12.2 Å². The predicted molar refractivity (Wildman–Crippen MR) is 132 cm³/mol. The van der Waals surface area contributed by atoms with Gasteiger partial charge in [-0.05, 0) is 115 Å². The number of fused-ring (bicyclic) bond motifs is 7. The fourth-order valence-electron chi connectivity index (χ4n) is 11.3. The van der Waals surface area contributed by atoms with Crippen molar-refractivity contribution >= 4 is 5.78 Å². The molecule has 0 radical (unpaired) electrons. The first-order valence-corrected chi connectivity index (χ1v) is 13.8. The summed E-state index contributed by atoms with van der Waals surface area (Å²) in [6.07, 6.45) is 11.5. The minimum Gasteiger partial charge on any atom is -0.395 e. The molecule has 3 nitrogen and oxygen atoms in total. The van der Waals surface area contributed by atoms with E-state index in [-0.39, 0.29) is 24.0 Å². The van der Waals surface area contributed by atoms with Crippen LogP contribution in [-0.2, 0) is 4.79 Å². The average molecular weight is 457 g/mol. The van der Waals surface area contributed by atoms with Crippen LogP contribution in [0.25, 0.3) is 0 Å². The lowest BCUT2D eigenvalue weighted by Crippen LogP contribution is -2.66. The summed E-state index contributed by atoms with van der Waals surface area (Å²) in [5.74, 6) is 3.03. The second kappa shape index (κ2) is 7.42. The van der Waals surface area contributed by atoms with Crippen LogP contribution >= 0.6 is 0 Å². The van der Waals surface area contributed by atoms with Crippen LogP contribution in [0.4, 0.5) is 0 Å². The van der Waals surface area contributed by atoms with Crippen LogP contribution in [0.5, 0.6) is 0 Å². The third kappa shape index (κ3) is 2.85. The van der Waals surface area contributed by atoms with Gasteiger partial charge in [0.15, 0.2) is 0 Å². The first-order chi connectivity index (χ1) is 15.4. The predicted octanol–water partition coefficient (Wildman–Crippen LogP) is 6.18. The molecule has 5 rings (SSSR count). The topological polar surface area (TPSA) is 57.5 Å². The van der Waals surface area contributed by atoms with Crippen molar-refractivity contribution in [1.82, 2.24) is 0 Å². The van der Waals surface area contributed by atoms with Crippen molar-refractivity contribution in [1.29, 1.82) is 0 Å². The number of carbonyl (C=O) groups excluding carboxylic acids is 1. The standard InChI is InChI=1S/C30H48O3/c1-19(17-31)20-9-12-26(2)15-16-29(5)21(25(20)26)7-8-23-27(3)13-11-24(33)28(4,18-32)22(27)10-14-30(23,29)6/h20-23,25,31-32H,1,7-18H2,2-6H3/t20-,21+,22+,23+,25+,26+,27-,28-,29+,30+/m0/s1. The molecule has 3 heteroatoms. The molecule has 0 aromatic rings.